The highest BCUT2D eigenvalue weighted by molar-refractivity contribution is 5.85. The molecule has 0 saturated heterocycles. The minimum absolute atomic E-state index is 0.218. The fourth-order valence-electron chi connectivity index (χ4n) is 2.49. The third kappa shape index (κ3) is 4.35. The van der Waals surface area contributed by atoms with Crippen molar-refractivity contribution in [2.24, 2.45) is 11.8 Å². The molecule has 0 spiro atoms. The maximum absolute atomic E-state index is 12.1. The summed E-state index contributed by atoms with van der Waals surface area (Å²) in [5, 5.41) is 11.9. The molecule has 0 unspecified atom stereocenters. The van der Waals surface area contributed by atoms with Gasteiger partial charge in [0.15, 0.2) is 0 Å². The van der Waals surface area contributed by atoms with E-state index in [1.54, 1.807) is 0 Å². The van der Waals surface area contributed by atoms with Gasteiger partial charge in [0, 0.05) is 0 Å². The summed E-state index contributed by atoms with van der Waals surface area (Å²) in [6.45, 7) is 2.72. The smallest absolute Gasteiger partial charge is 0.307 e. The maximum atomic E-state index is 12.1. The first-order chi connectivity index (χ1) is 10.6. The number of hydrogen-bond donors (Lipinski definition) is 2. The van der Waals surface area contributed by atoms with E-state index in [0.29, 0.717) is 26.0 Å². The van der Waals surface area contributed by atoms with Gasteiger partial charge in [-0.05, 0) is 31.9 Å². The molecule has 5 heteroatoms. The van der Waals surface area contributed by atoms with Gasteiger partial charge in [-0.25, -0.2) is 0 Å². The first kappa shape index (κ1) is 16.1. The lowest BCUT2D eigenvalue weighted by molar-refractivity contribution is -0.147. The molecule has 2 N–H and O–H groups in total. The van der Waals surface area contributed by atoms with Gasteiger partial charge < -0.3 is 15.2 Å². The fourth-order valence-corrected chi connectivity index (χ4v) is 2.49. The van der Waals surface area contributed by atoms with Gasteiger partial charge in [-0.3, -0.25) is 9.59 Å². The molecular formula is C17H21NO4. The molecule has 0 fully saturated rings. The highest BCUT2D eigenvalue weighted by Crippen LogP contribution is 2.25. The Morgan fingerprint density at radius 3 is 2.45 bits per heavy atom. The SMILES string of the molecule is Cc1ccc(OCCNC(=O)[C@@H]2CC=CC[C@@H]2C(=O)O)cc1. The first-order valence-electron chi connectivity index (χ1n) is 7.43. The minimum Gasteiger partial charge on any atom is -0.492 e. The molecule has 0 bridgehead atoms. The molecule has 0 aromatic heterocycles. The van der Waals surface area contributed by atoms with Crippen molar-refractivity contribution in [2.75, 3.05) is 13.2 Å². The number of nitrogens with one attached hydrogen (secondary N) is 1. The molecule has 5 nitrogen and oxygen atoms in total. The molecule has 22 heavy (non-hydrogen) atoms. The van der Waals surface area contributed by atoms with Crippen molar-refractivity contribution in [1.82, 2.24) is 5.32 Å². The Balaban J connectivity index is 1.76. The Kier molecular flexibility index (Phi) is 5.58. The van der Waals surface area contributed by atoms with Gasteiger partial charge in [-0.2, -0.15) is 0 Å². The van der Waals surface area contributed by atoms with Crippen LogP contribution in [0.2, 0.25) is 0 Å². The average molecular weight is 303 g/mol. The van der Waals surface area contributed by atoms with Crippen LogP contribution in [-0.4, -0.2) is 30.1 Å². The number of hydrogen-bond acceptors (Lipinski definition) is 3. The average Bonchev–Trinajstić information content (AvgIpc) is 2.53. The number of rotatable bonds is 6. The van der Waals surface area contributed by atoms with E-state index in [4.69, 9.17) is 9.84 Å². The van der Waals surface area contributed by atoms with Crippen LogP contribution >= 0.6 is 0 Å². The largest absolute Gasteiger partial charge is 0.492 e. The van der Waals surface area contributed by atoms with Crippen LogP contribution in [-0.2, 0) is 9.59 Å². The van der Waals surface area contributed by atoms with Crippen molar-refractivity contribution in [3.05, 3.63) is 42.0 Å². The first-order valence-corrected chi connectivity index (χ1v) is 7.43. The van der Waals surface area contributed by atoms with Gasteiger partial charge in [0.25, 0.3) is 0 Å². The van der Waals surface area contributed by atoms with E-state index in [1.807, 2.05) is 43.3 Å². The highest BCUT2D eigenvalue weighted by atomic mass is 16.5. The summed E-state index contributed by atoms with van der Waals surface area (Å²) in [4.78, 5) is 23.3. The van der Waals surface area contributed by atoms with Crippen LogP contribution in [0.25, 0.3) is 0 Å². The van der Waals surface area contributed by atoms with Crippen LogP contribution < -0.4 is 10.1 Å². The summed E-state index contributed by atoms with van der Waals surface area (Å²) in [7, 11) is 0. The molecule has 1 amide bonds. The van der Waals surface area contributed by atoms with E-state index in [-0.39, 0.29) is 5.91 Å². The number of carbonyl (C=O) groups excluding carboxylic acids is 1. The number of carboxylic acids is 1. The Hall–Kier alpha value is -2.30. The summed E-state index contributed by atoms with van der Waals surface area (Å²) in [6, 6.07) is 7.67. The maximum Gasteiger partial charge on any atom is 0.307 e. The van der Waals surface area contributed by atoms with E-state index < -0.39 is 17.8 Å². The molecular weight excluding hydrogens is 282 g/mol. The molecule has 1 aromatic rings. The second-order valence-electron chi connectivity index (χ2n) is 5.45. The van der Waals surface area contributed by atoms with Crippen LogP contribution in [0.15, 0.2) is 36.4 Å². The van der Waals surface area contributed by atoms with Crippen molar-refractivity contribution < 1.29 is 19.4 Å². The number of allylic oxidation sites excluding steroid dienone is 2. The lowest BCUT2D eigenvalue weighted by Crippen LogP contribution is -2.40. The van der Waals surface area contributed by atoms with Crippen molar-refractivity contribution in [3.63, 3.8) is 0 Å². The quantitative estimate of drug-likeness (QED) is 0.624. The van der Waals surface area contributed by atoms with Crippen LogP contribution in [0.1, 0.15) is 18.4 Å². The summed E-state index contributed by atoms with van der Waals surface area (Å²) >= 11 is 0. The van der Waals surface area contributed by atoms with Crippen LogP contribution in [0.3, 0.4) is 0 Å². The number of benzene rings is 1. The summed E-state index contributed by atoms with van der Waals surface area (Å²) in [6.07, 6.45) is 4.57. The van der Waals surface area contributed by atoms with E-state index in [9.17, 15) is 9.59 Å². The Morgan fingerprint density at radius 2 is 1.82 bits per heavy atom. The van der Waals surface area contributed by atoms with Gasteiger partial charge in [0.05, 0.1) is 18.4 Å². The monoisotopic (exact) mass is 303 g/mol. The van der Waals surface area contributed by atoms with Crippen molar-refractivity contribution >= 4 is 11.9 Å². The van der Waals surface area contributed by atoms with Gasteiger partial charge in [0.2, 0.25) is 5.91 Å². The fraction of sp³-hybridized carbons (Fsp3) is 0.412. The zero-order chi connectivity index (χ0) is 15.9. The third-order valence-corrected chi connectivity index (χ3v) is 3.78. The van der Waals surface area contributed by atoms with Gasteiger partial charge in [-0.1, -0.05) is 29.8 Å². The molecule has 0 heterocycles. The van der Waals surface area contributed by atoms with Gasteiger partial charge in [-0.15, -0.1) is 0 Å². The number of carbonyl (C=O) groups is 2. The summed E-state index contributed by atoms with van der Waals surface area (Å²) in [5.74, 6) is -1.52. The Morgan fingerprint density at radius 1 is 1.18 bits per heavy atom. The van der Waals surface area contributed by atoms with Crippen LogP contribution in [0.5, 0.6) is 5.75 Å². The lowest BCUT2D eigenvalue weighted by atomic mass is 9.82. The molecule has 2 atom stereocenters. The number of amides is 1. The predicted molar refractivity (Wildman–Crippen MR) is 82.7 cm³/mol. The number of aryl methyl sites for hydroxylation is 1. The molecule has 0 aliphatic heterocycles. The van der Waals surface area contributed by atoms with E-state index in [2.05, 4.69) is 5.32 Å². The van der Waals surface area contributed by atoms with Crippen LogP contribution in [0, 0.1) is 18.8 Å². The van der Waals surface area contributed by atoms with E-state index in [0.717, 1.165) is 11.3 Å². The topological polar surface area (TPSA) is 75.6 Å². The number of aliphatic carboxylic acids is 1. The molecule has 1 aliphatic rings. The molecule has 0 radical (unpaired) electrons. The predicted octanol–water partition coefficient (Wildman–Crippen LogP) is 2.16. The molecule has 118 valence electrons. The van der Waals surface area contributed by atoms with E-state index >= 15 is 0 Å². The zero-order valence-corrected chi connectivity index (χ0v) is 12.6. The minimum atomic E-state index is -0.916. The molecule has 1 aromatic carbocycles. The van der Waals surface area contributed by atoms with Gasteiger partial charge in [0.1, 0.15) is 12.4 Å². The molecule has 1 aliphatic carbocycles. The second-order valence-corrected chi connectivity index (χ2v) is 5.45. The molecule has 2 rings (SSSR count). The standard InChI is InChI=1S/C17H21NO4/c1-12-6-8-13(9-7-12)22-11-10-18-16(19)14-4-2-3-5-15(14)17(20)21/h2-3,6-9,14-15H,4-5,10-11H2,1H3,(H,18,19)(H,20,21)/t14-,15+/m1/s1. The highest BCUT2D eigenvalue weighted by Gasteiger charge is 2.33. The summed E-state index contributed by atoms with van der Waals surface area (Å²) in [5.41, 5.74) is 1.16. The number of ether oxygens (including phenoxy) is 1. The van der Waals surface area contributed by atoms with Crippen LogP contribution in [0.4, 0.5) is 0 Å². The van der Waals surface area contributed by atoms with Gasteiger partial charge >= 0.3 is 5.97 Å². The van der Waals surface area contributed by atoms with Crippen molar-refractivity contribution in [2.45, 2.75) is 19.8 Å². The molecule has 0 saturated carbocycles. The third-order valence-electron chi connectivity index (χ3n) is 3.78. The Bertz CT molecular complexity index is 550. The van der Waals surface area contributed by atoms with Crippen molar-refractivity contribution in [1.29, 1.82) is 0 Å². The van der Waals surface area contributed by atoms with E-state index in [1.165, 1.54) is 0 Å². The zero-order valence-electron chi connectivity index (χ0n) is 12.6. The normalized spacial score (nSPS) is 20.4. The van der Waals surface area contributed by atoms with Crippen molar-refractivity contribution in [3.8, 4) is 5.75 Å². The Labute approximate surface area is 130 Å². The second kappa shape index (κ2) is 7.64. The lowest BCUT2D eigenvalue weighted by Gasteiger charge is -2.24. The number of carboxylic acid groups (broad SMARTS) is 1. The summed E-state index contributed by atoms with van der Waals surface area (Å²) < 4.78 is 5.53.